The Labute approximate surface area is 197 Å². The molecule has 3 amide bonds. The Morgan fingerprint density at radius 1 is 0.971 bits per heavy atom. The molecule has 1 atom stereocenters. The molecule has 1 aliphatic heterocycles. The average molecular weight is 465 g/mol. The minimum Gasteiger partial charge on any atom is -0.373 e. The molecule has 0 aliphatic carbocycles. The highest BCUT2D eigenvalue weighted by Gasteiger charge is 2.27. The maximum absolute atomic E-state index is 14.5. The van der Waals surface area contributed by atoms with Crippen molar-refractivity contribution in [3.63, 3.8) is 0 Å². The number of benzene rings is 3. The van der Waals surface area contributed by atoms with Crippen molar-refractivity contribution in [2.45, 2.75) is 19.4 Å². The summed E-state index contributed by atoms with van der Waals surface area (Å²) in [7, 11) is 2.00. The van der Waals surface area contributed by atoms with E-state index in [1.54, 1.807) is 30.0 Å². The Hall–Kier alpha value is -3.94. The number of rotatable bonds is 4. The van der Waals surface area contributed by atoms with E-state index < -0.39 is 23.7 Å². The number of fused-ring (bicyclic) bond motifs is 1. The van der Waals surface area contributed by atoms with Crippen molar-refractivity contribution < 1.29 is 18.4 Å². The summed E-state index contributed by atoms with van der Waals surface area (Å²) in [5.41, 5.74) is 8.28. The number of para-hydroxylation sites is 2. The van der Waals surface area contributed by atoms with E-state index in [1.807, 2.05) is 31.3 Å². The highest BCUT2D eigenvalue weighted by Crippen LogP contribution is 2.33. The molecule has 4 rings (SSSR count). The number of carbonyl (C=O) groups excluding carboxylic acids is 2. The van der Waals surface area contributed by atoms with Crippen LogP contribution in [0.5, 0.6) is 0 Å². The second kappa shape index (κ2) is 9.51. The van der Waals surface area contributed by atoms with E-state index in [-0.39, 0.29) is 11.5 Å². The number of nitrogens with zero attached hydrogens (tertiary/aromatic N) is 2. The minimum absolute atomic E-state index is 0.164. The number of halogens is 2. The van der Waals surface area contributed by atoms with Crippen LogP contribution >= 0.6 is 0 Å². The molecule has 6 nitrogen and oxygen atoms in total. The van der Waals surface area contributed by atoms with Crippen LogP contribution in [0.2, 0.25) is 0 Å². The topological polar surface area (TPSA) is 78.7 Å². The van der Waals surface area contributed by atoms with Crippen LogP contribution in [0, 0.1) is 18.6 Å². The second-order valence-corrected chi connectivity index (χ2v) is 8.37. The van der Waals surface area contributed by atoms with E-state index >= 15 is 0 Å². The summed E-state index contributed by atoms with van der Waals surface area (Å²) in [4.78, 5) is 29.1. The maximum Gasteiger partial charge on any atom is 0.312 e. The minimum atomic E-state index is -1.14. The van der Waals surface area contributed by atoms with Crippen LogP contribution < -0.4 is 20.9 Å². The fraction of sp³-hybridized carbons (Fsp3) is 0.231. The first kappa shape index (κ1) is 23.2. The Morgan fingerprint density at radius 2 is 1.65 bits per heavy atom. The van der Waals surface area contributed by atoms with Crippen molar-refractivity contribution in [2.24, 2.45) is 5.73 Å². The zero-order chi connectivity index (χ0) is 24.4. The van der Waals surface area contributed by atoms with Gasteiger partial charge in [0.2, 0.25) is 0 Å². The van der Waals surface area contributed by atoms with Crippen LogP contribution in [-0.2, 0) is 0 Å². The Bertz CT molecular complexity index is 1230. The molecule has 0 spiro atoms. The van der Waals surface area contributed by atoms with Gasteiger partial charge in [0.1, 0.15) is 11.6 Å². The summed E-state index contributed by atoms with van der Waals surface area (Å²) in [5, 5.41) is 2.42. The molecule has 1 aliphatic rings. The maximum atomic E-state index is 14.5. The Morgan fingerprint density at radius 3 is 2.29 bits per heavy atom. The summed E-state index contributed by atoms with van der Waals surface area (Å²) < 4.78 is 29.0. The molecule has 1 heterocycles. The van der Waals surface area contributed by atoms with Crippen LogP contribution in [0.3, 0.4) is 0 Å². The van der Waals surface area contributed by atoms with E-state index in [4.69, 9.17) is 5.73 Å². The van der Waals surface area contributed by atoms with Crippen LogP contribution in [0.15, 0.2) is 60.7 Å². The molecular formula is C26H26F2N4O2. The van der Waals surface area contributed by atoms with Gasteiger partial charge in [-0.05, 0) is 54.8 Å². The number of nitrogens with two attached hydrogens (primary N) is 1. The van der Waals surface area contributed by atoms with Crippen LogP contribution in [0.4, 0.5) is 25.0 Å². The summed E-state index contributed by atoms with van der Waals surface area (Å²) in [6.07, 6.45) is 0.811. The van der Waals surface area contributed by atoms with E-state index in [1.165, 1.54) is 6.07 Å². The van der Waals surface area contributed by atoms with Crippen molar-refractivity contribution in [2.75, 3.05) is 29.9 Å². The van der Waals surface area contributed by atoms with E-state index in [9.17, 15) is 18.4 Å². The largest absolute Gasteiger partial charge is 0.373 e. The summed E-state index contributed by atoms with van der Waals surface area (Å²) in [6, 6.07) is 14.0. The van der Waals surface area contributed by atoms with E-state index in [0.29, 0.717) is 23.2 Å². The van der Waals surface area contributed by atoms with Gasteiger partial charge < -0.3 is 20.9 Å². The number of hydrogen-bond donors (Lipinski definition) is 2. The average Bonchev–Trinajstić information content (AvgIpc) is 2.96. The summed E-state index contributed by atoms with van der Waals surface area (Å²) >= 11 is 0. The van der Waals surface area contributed by atoms with Gasteiger partial charge in [-0.2, -0.15) is 0 Å². The predicted octanol–water partition coefficient (Wildman–Crippen LogP) is 4.52. The molecule has 0 aromatic heterocycles. The summed E-state index contributed by atoms with van der Waals surface area (Å²) in [6.45, 7) is 3.15. The lowest BCUT2D eigenvalue weighted by Gasteiger charge is -2.25. The first-order chi connectivity index (χ1) is 16.3. The molecular weight excluding hydrogens is 438 g/mol. The highest BCUT2D eigenvalue weighted by molar-refractivity contribution is 6.08. The SMILES string of the molecule is Cc1cc(C(NC(N)=O)c2c(F)cccc2F)ccc1C(=O)N1CCCN(C)c2ccccc21. The molecule has 3 aromatic rings. The molecule has 1 unspecified atom stereocenters. The third kappa shape index (κ3) is 4.44. The molecule has 3 aromatic carbocycles. The number of nitrogens with one attached hydrogen (secondary N) is 1. The van der Waals surface area contributed by atoms with Crippen molar-refractivity contribution in [1.82, 2.24) is 5.32 Å². The van der Waals surface area contributed by atoms with Crippen molar-refractivity contribution in [3.8, 4) is 0 Å². The van der Waals surface area contributed by atoms with Crippen LogP contribution in [0.1, 0.15) is 39.5 Å². The first-order valence-corrected chi connectivity index (χ1v) is 11.0. The molecule has 3 N–H and O–H groups in total. The van der Waals surface area contributed by atoms with Gasteiger partial charge in [0.15, 0.2) is 0 Å². The number of hydrogen-bond acceptors (Lipinski definition) is 3. The monoisotopic (exact) mass is 464 g/mol. The van der Waals surface area contributed by atoms with Gasteiger partial charge in [-0.1, -0.05) is 30.3 Å². The lowest BCUT2D eigenvalue weighted by molar-refractivity contribution is 0.0986. The van der Waals surface area contributed by atoms with Crippen molar-refractivity contribution >= 4 is 23.3 Å². The van der Waals surface area contributed by atoms with Gasteiger partial charge in [-0.15, -0.1) is 0 Å². The van der Waals surface area contributed by atoms with Crippen LogP contribution in [0.25, 0.3) is 0 Å². The van der Waals surface area contributed by atoms with E-state index in [0.717, 1.165) is 36.5 Å². The molecule has 0 saturated heterocycles. The van der Waals surface area contributed by atoms with Gasteiger partial charge in [0.25, 0.3) is 5.91 Å². The van der Waals surface area contributed by atoms with Gasteiger partial charge >= 0.3 is 6.03 Å². The Balaban J connectivity index is 1.72. The van der Waals surface area contributed by atoms with Gasteiger partial charge in [0.05, 0.1) is 23.0 Å². The van der Waals surface area contributed by atoms with Gasteiger partial charge in [-0.3, -0.25) is 4.79 Å². The van der Waals surface area contributed by atoms with Crippen LogP contribution in [-0.4, -0.2) is 32.1 Å². The van der Waals surface area contributed by atoms with Gasteiger partial charge in [-0.25, -0.2) is 13.6 Å². The number of aryl methyl sites for hydroxylation is 1. The van der Waals surface area contributed by atoms with Crippen molar-refractivity contribution in [3.05, 3.63) is 94.6 Å². The lowest BCUT2D eigenvalue weighted by Crippen LogP contribution is -2.35. The standard InChI is InChI=1S/C26H26F2N4O2/c1-16-15-17(24(30-26(29)34)23-19(27)7-5-8-20(23)28)11-12-18(16)25(33)32-14-6-13-31(2)21-9-3-4-10-22(21)32/h3-5,7-12,15,24H,6,13-14H2,1-2H3,(H3,29,30,34). The molecule has 8 heteroatoms. The molecule has 34 heavy (non-hydrogen) atoms. The summed E-state index contributed by atoms with van der Waals surface area (Å²) in [5.74, 6) is -1.77. The third-order valence-corrected chi connectivity index (χ3v) is 6.09. The fourth-order valence-electron chi connectivity index (χ4n) is 4.44. The number of urea groups is 1. The molecule has 0 radical (unpaired) electrons. The number of anilines is 2. The highest BCUT2D eigenvalue weighted by atomic mass is 19.1. The smallest absolute Gasteiger partial charge is 0.312 e. The molecule has 0 fully saturated rings. The molecule has 176 valence electrons. The number of primary amides is 1. The lowest BCUT2D eigenvalue weighted by atomic mass is 9.94. The fourth-order valence-corrected chi connectivity index (χ4v) is 4.44. The second-order valence-electron chi connectivity index (χ2n) is 8.37. The zero-order valence-corrected chi connectivity index (χ0v) is 19.0. The first-order valence-electron chi connectivity index (χ1n) is 11.0. The number of carbonyl (C=O) groups is 2. The third-order valence-electron chi connectivity index (χ3n) is 6.09. The molecule has 0 bridgehead atoms. The molecule has 0 saturated carbocycles. The quantitative estimate of drug-likeness (QED) is 0.596. The van der Waals surface area contributed by atoms with Crippen molar-refractivity contribution in [1.29, 1.82) is 0 Å². The Kier molecular flexibility index (Phi) is 6.49. The normalized spacial score (nSPS) is 14.2. The number of amides is 3. The zero-order valence-electron chi connectivity index (χ0n) is 19.0. The predicted molar refractivity (Wildman–Crippen MR) is 128 cm³/mol. The van der Waals surface area contributed by atoms with E-state index in [2.05, 4.69) is 10.2 Å². The van der Waals surface area contributed by atoms with Gasteiger partial charge in [0, 0.05) is 25.7 Å².